The molecule has 3 amide bonds. The Balaban J connectivity index is 1.26. The molecule has 3 N–H and O–H groups in total. The number of amides is 3. The Kier molecular flexibility index (Phi) is 6.28. The van der Waals surface area contributed by atoms with Crippen LogP contribution in [0.25, 0.3) is 22.3 Å². The van der Waals surface area contributed by atoms with Crippen molar-refractivity contribution in [3.63, 3.8) is 0 Å². The Morgan fingerprint density at radius 1 is 1.13 bits per heavy atom. The molecule has 198 valence electrons. The van der Waals surface area contributed by atoms with Crippen molar-refractivity contribution in [1.29, 1.82) is 0 Å². The van der Waals surface area contributed by atoms with Gasteiger partial charge in [0.2, 0.25) is 11.8 Å². The van der Waals surface area contributed by atoms with E-state index >= 15 is 0 Å². The SMILES string of the molecule is CC(C)CC1CN(Cc2cc(-c3ccc4c(c3)CN(C3CCC(=O)NC3=O)C4=O)nc3[nH]ccc23)CC1O. The molecule has 38 heavy (non-hydrogen) atoms. The Morgan fingerprint density at radius 3 is 2.76 bits per heavy atom. The summed E-state index contributed by atoms with van der Waals surface area (Å²) in [6.07, 6.45) is 3.18. The lowest BCUT2D eigenvalue weighted by Crippen LogP contribution is -2.52. The first-order chi connectivity index (χ1) is 18.3. The largest absolute Gasteiger partial charge is 0.391 e. The third-order valence-electron chi connectivity index (χ3n) is 8.08. The molecule has 1 aromatic carbocycles. The Hall–Kier alpha value is -3.56. The number of aliphatic hydroxyl groups excluding tert-OH is 1. The normalized spacial score (nSPS) is 24.1. The van der Waals surface area contributed by atoms with E-state index in [1.54, 1.807) is 4.90 Å². The predicted molar refractivity (Wildman–Crippen MR) is 142 cm³/mol. The molecule has 2 saturated heterocycles. The molecule has 3 aliphatic heterocycles. The van der Waals surface area contributed by atoms with Gasteiger partial charge >= 0.3 is 0 Å². The van der Waals surface area contributed by atoms with E-state index in [-0.39, 0.29) is 24.3 Å². The molecule has 0 aliphatic carbocycles. The lowest BCUT2D eigenvalue weighted by atomic mass is 9.95. The van der Waals surface area contributed by atoms with Crippen LogP contribution in [0.3, 0.4) is 0 Å². The second-order valence-electron chi connectivity index (χ2n) is 11.3. The van der Waals surface area contributed by atoms with Crippen LogP contribution in [0.15, 0.2) is 36.5 Å². The van der Waals surface area contributed by atoms with E-state index in [0.29, 0.717) is 36.9 Å². The summed E-state index contributed by atoms with van der Waals surface area (Å²) >= 11 is 0. The maximum absolute atomic E-state index is 13.1. The van der Waals surface area contributed by atoms with Gasteiger partial charge in [0.25, 0.3) is 5.91 Å². The van der Waals surface area contributed by atoms with Crippen LogP contribution in [0.4, 0.5) is 0 Å². The summed E-state index contributed by atoms with van der Waals surface area (Å²) in [5.74, 6) is -0.0410. The van der Waals surface area contributed by atoms with Crippen LogP contribution in [0, 0.1) is 11.8 Å². The van der Waals surface area contributed by atoms with Gasteiger partial charge in [0.1, 0.15) is 11.7 Å². The van der Waals surface area contributed by atoms with E-state index < -0.39 is 11.9 Å². The Morgan fingerprint density at radius 2 is 1.97 bits per heavy atom. The van der Waals surface area contributed by atoms with Crippen LogP contribution in [0.2, 0.25) is 0 Å². The van der Waals surface area contributed by atoms with Crippen LogP contribution in [0.1, 0.15) is 54.6 Å². The van der Waals surface area contributed by atoms with Crippen LogP contribution < -0.4 is 5.32 Å². The molecule has 0 saturated carbocycles. The van der Waals surface area contributed by atoms with Crippen molar-refractivity contribution in [3.8, 4) is 11.3 Å². The molecule has 0 spiro atoms. The number of H-pyrrole nitrogens is 1. The number of nitrogens with one attached hydrogen (secondary N) is 2. The first-order valence-corrected chi connectivity index (χ1v) is 13.4. The van der Waals surface area contributed by atoms with Gasteiger partial charge in [-0.2, -0.15) is 0 Å². The number of piperidine rings is 1. The quantitative estimate of drug-likeness (QED) is 0.435. The molecular weight excluding hydrogens is 482 g/mol. The zero-order valence-electron chi connectivity index (χ0n) is 21.7. The van der Waals surface area contributed by atoms with Crippen molar-refractivity contribution in [2.45, 2.75) is 58.3 Å². The summed E-state index contributed by atoms with van der Waals surface area (Å²) in [5, 5.41) is 14.0. The molecule has 9 nitrogen and oxygen atoms in total. The van der Waals surface area contributed by atoms with Crippen LogP contribution in [-0.4, -0.2) is 67.8 Å². The van der Waals surface area contributed by atoms with Crippen molar-refractivity contribution < 1.29 is 19.5 Å². The monoisotopic (exact) mass is 515 g/mol. The van der Waals surface area contributed by atoms with E-state index in [4.69, 9.17) is 4.98 Å². The number of imide groups is 1. The molecule has 3 aliphatic rings. The van der Waals surface area contributed by atoms with Gasteiger partial charge in [-0.15, -0.1) is 0 Å². The number of aromatic amines is 1. The van der Waals surface area contributed by atoms with E-state index in [2.05, 4.69) is 35.1 Å². The summed E-state index contributed by atoms with van der Waals surface area (Å²) in [6.45, 7) is 6.99. The van der Waals surface area contributed by atoms with Gasteiger partial charge < -0.3 is 15.0 Å². The van der Waals surface area contributed by atoms with Crippen molar-refractivity contribution in [1.82, 2.24) is 25.1 Å². The van der Waals surface area contributed by atoms with Crippen molar-refractivity contribution in [3.05, 3.63) is 53.2 Å². The number of β-amino-alcohol motifs (C(OH)–C–C–N with tert-alkyl or cyclic N) is 1. The van der Waals surface area contributed by atoms with Crippen LogP contribution in [0.5, 0.6) is 0 Å². The number of benzene rings is 1. The van der Waals surface area contributed by atoms with E-state index in [9.17, 15) is 19.5 Å². The number of hydrogen-bond donors (Lipinski definition) is 3. The van der Waals surface area contributed by atoms with Gasteiger partial charge in [-0.05, 0) is 60.1 Å². The number of aliphatic hydroxyl groups is 1. The second-order valence-corrected chi connectivity index (χ2v) is 11.3. The third-order valence-corrected chi connectivity index (χ3v) is 8.08. The lowest BCUT2D eigenvalue weighted by Gasteiger charge is -2.29. The van der Waals surface area contributed by atoms with E-state index in [1.165, 1.54) is 0 Å². The minimum absolute atomic E-state index is 0.182. The molecule has 2 fully saturated rings. The highest BCUT2D eigenvalue weighted by Gasteiger charge is 2.39. The van der Waals surface area contributed by atoms with Crippen molar-refractivity contribution in [2.24, 2.45) is 11.8 Å². The lowest BCUT2D eigenvalue weighted by molar-refractivity contribution is -0.136. The molecule has 9 heteroatoms. The molecule has 6 rings (SSSR count). The minimum atomic E-state index is -0.633. The van der Waals surface area contributed by atoms with Gasteiger partial charge in [-0.25, -0.2) is 4.98 Å². The summed E-state index contributed by atoms with van der Waals surface area (Å²) < 4.78 is 0. The van der Waals surface area contributed by atoms with Gasteiger partial charge in [-0.3, -0.25) is 24.6 Å². The molecule has 3 atom stereocenters. The highest BCUT2D eigenvalue weighted by Crippen LogP contribution is 2.33. The maximum Gasteiger partial charge on any atom is 0.255 e. The molecule has 0 radical (unpaired) electrons. The first kappa shape index (κ1) is 24.8. The Bertz CT molecular complexity index is 1430. The molecule has 3 unspecified atom stereocenters. The molecule has 2 aromatic heterocycles. The van der Waals surface area contributed by atoms with Gasteiger partial charge in [0.05, 0.1) is 11.8 Å². The summed E-state index contributed by atoms with van der Waals surface area (Å²) in [6, 6.07) is 9.22. The van der Waals surface area contributed by atoms with Gasteiger partial charge in [0.15, 0.2) is 0 Å². The standard InChI is InChI=1S/C29H33N5O4/c1-16(2)9-20-13-33(15-25(20)35)12-19-11-23(31-27-21(19)7-8-30-27)17-3-4-22-18(10-17)14-34(29(22)38)24-5-6-26(36)32-28(24)37/h3-4,7-8,10-11,16,20,24-25,35H,5-6,9,12-15H2,1-2H3,(H,30,31)(H,32,36,37). The highest BCUT2D eigenvalue weighted by atomic mass is 16.3. The van der Waals surface area contributed by atoms with Gasteiger partial charge in [-0.1, -0.05) is 19.9 Å². The smallest absolute Gasteiger partial charge is 0.255 e. The molecule has 5 heterocycles. The zero-order chi connectivity index (χ0) is 26.6. The van der Waals surface area contributed by atoms with Crippen molar-refractivity contribution >= 4 is 28.8 Å². The van der Waals surface area contributed by atoms with Crippen LogP contribution >= 0.6 is 0 Å². The number of aromatic nitrogens is 2. The topological polar surface area (TPSA) is 119 Å². The average Bonchev–Trinajstić information content (AvgIpc) is 3.56. The van der Waals surface area contributed by atoms with E-state index in [1.807, 2.05) is 30.5 Å². The fraction of sp³-hybridized carbons (Fsp3) is 0.448. The average molecular weight is 516 g/mol. The number of likely N-dealkylation sites (tertiary alicyclic amines) is 1. The number of carbonyl (C=O) groups is 3. The van der Waals surface area contributed by atoms with Crippen LogP contribution in [-0.2, 0) is 22.7 Å². The maximum atomic E-state index is 13.1. The van der Waals surface area contributed by atoms with Crippen molar-refractivity contribution in [2.75, 3.05) is 13.1 Å². The number of fused-ring (bicyclic) bond motifs is 2. The summed E-state index contributed by atoms with van der Waals surface area (Å²) in [4.78, 5) is 49.0. The number of carbonyl (C=O) groups excluding carboxylic acids is 3. The number of pyridine rings is 1. The molecular formula is C29H33N5O4. The van der Waals surface area contributed by atoms with E-state index in [0.717, 1.165) is 52.9 Å². The first-order valence-electron chi connectivity index (χ1n) is 13.4. The Labute approximate surface area is 221 Å². The fourth-order valence-electron chi connectivity index (χ4n) is 6.27. The summed E-state index contributed by atoms with van der Waals surface area (Å²) in [7, 11) is 0. The second kappa shape index (κ2) is 9.63. The number of hydrogen-bond acceptors (Lipinski definition) is 6. The summed E-state index contributed by atoms with van der Waals surface area (Å²) in [5.41, 5.74) is 5.10. The molecule has 3 aromatic rings. The predicted octanol–water partition coefficient (Wildman–Crippen LogP) is 2.83. The number of rotatable bonds is 6. The zero-order valence-corrected chi connectivity index (χ0v) is 21.7. The highest BCUT2D eigenvalue weighted by molar-refractivity contribution is 6.05. The third kappa shape index (κ3) is 4.50. The minimum Gasteiger partial charge on any atom is -0.391 e. The number of nitrogens with zero attached hydrogens (tertiary/aromatic N) is 3. The van der Waals surface area contributed by atoms with Gasteiger partial charge in [0, 0.05) is 55.3 Å². The fourth-order valence-corrected chi connectivity index (χ4v) is 6.27. The molecule has 0 bridgehead atoms.